The summed E-state index contributed by atoms with van der Waals surface area (Å²) < 4.78 is 0. The third-order valence-electron chi connectivity index (χ3n) is 4.07. The highest BCUT2D eigenvalue weighted by Gasteiger charge is 2.46. The number of aryl methyl sites for hydroxylation is 1. The van der Waals surface area contributed by atoms with Gasteiger partial charge >= 0.3 is 0 Å². The number of nitrogens with zero attached hydrogens (tertiary/aromatic N) is 3. The number of nitrogens with one attached hydrogen (secondary N) is 1. The van der Waals surface area contributed by atoms with Gasteiger partial charge in [0.05, 0.1) is 12.2 Å². The third-order valence-corrected chi connectivity index (χ3v) is 4.07. The molecule has 1 aliphatic heterocycles. The molecule has 1 saturated heterocycles. The van der Waals surface area contributed by atoms with E-state index in [1.54, 1.807) is 24.1 Å². The SMILES string of the molecule is CCC1C(=O)NC(C)(CC)C(=O)N1Cc1ccnc(C)n1. The van der Waals surface area contributed by atoms with Crippen molar-refractivity contribution in [3.05, 3.63) is 23.8 Å². The van der Waals surface area contributed by atoms with Crippen LogP contribution in [-0.4, -0.2) is 38.3 Å². The van der Waals surface area contributed by atoms with E-state index in [2.05, 4.69) is 15.3 Å². The van der Waals surface area contributed by atoms with E-state index >= 15 is 0 Å². The summed E-state index contributed by atoms with van der Waals surface area (Å²) in [6.07, 6.45) is 2.82. The van der Waals surface area contributed by atoms with E-state index in [-0.39, 0.29) is 11.8 Å². The van der Waals surface area contributed by atoms with Gasteiger partial charge in [-0.15, -0.1) is 0 Å². The zero-order chi connectivity index (χ0) is 15.6. The van der Waals surface area contributed by atoms with E-state index in [1.807, 2.05) is 20.8 Å². The van der Waals surface area contributed by atoms with Crippen LogP contribution in [0.4, 0.5) is 0 Å². The van der Waals surface area contributed by atoms with Crippen LogP contribution >= 0.6 is 0 Å². The van der Waals surface area contributed by atoms with Crippen LogP contribution in [0.15, 0.2) is 12.3 Å². The monoisotopic (exact) mass is 290 g/mol. The summed E-state index contributed by atoms with van der Waals surface area (Å²) in [5, 5.41) is 2.86. The lowest BCUT2D eigenvalue weighted by Gasteiger charge is -2.43. The molecule has 6 heteroatoms. The average molecular weight is 290 g/mol. The van der Waals surface area contributed by atoms with Gasteiger partial charge in [0.25, 0.3) is 0 Å². The fourth-order valence-corrected chi connectivity index (χ4v) is 2.60. The van der Waals surface area contributed by atoms with E-state index in [1.165, 1.54) is 0 Å². The Hall–Kier alpha value is -1.98. The van der Waals surface area contributed by atoms with Gasteiger partial charge in [0.2, 0.25) is 11.8 Å². The van der Waals surface area contributed by atoms with Crippen LogP contribution in [0.25, 0.3) is 0 Å². The molecule has 0 bridgehead atoms. The van der Waals surface area contributed by atoms with Crippen molar-refractivity contribution in [2.24, 2.45) is 0 Å². The molecule has 2 amide bonds. The summed E-state index contributed by atoms with van der Waals surface area (Å²) in [7, 11) is 0. The number of carbonyl (C=O) groups excluding carboxylic acids is 2. The van der Waals surface area contributed by atoms with Crippen molar-refractivity contribution in [3.8, 4) is 0 Å². The molecule has 1 aromatic rings. The number of carbonyl (C=O) groups is 2. The molecule has 1 fully saturated rings. The van der Waals surface area contributed by atoms with Crippen molar-refractivity contribution in [1.29, 1.82) is 0 Å². The Balaban J connectivity index is 2.32. The summed E-state index contributed by atoms with van der Waals surface area (Å²) >= 11 is 0. The van der Waals surface area contributed by atoms with Crippen LogP contribution < -0.4 is 5.32 Å². The van der Waals surface area contributed by atoms with Gasteiger partial charge in [-0.2, -0.15) is 0 Å². The lowest BCUT2D eigenvalue weighted by atomic mass is 9.91. The highest BCUT2D eigenvalue weighted by molar-refractivity contribution is 5.99. The predicted molar refractivity (Wildman–Crippen MR) is 78.2 cm³/mol. The predicted octanol–water partition coefficient (Wildman–Crippen LogP) is 1.19. The van der Waals surface area contributed by atoms with Crippen LogP contribution in [0.1, 0.15) is 45.1 Å². The van der Waals surface area contributed by atoms with Crippen molar-refractivity contribution in [2.75, 3.05) is 0 Å². The minimum atomic E-state index is -0.829. The molecular weight excluding hydrogens is 268 g/mol. The number of aromatic nitrogens is 2. The van der Waals surface area contributed by atoms with Gasteiger partial charge in [-0.05, 0) is 32.8 Å². The first-order valence-electron chi connectivity index (χ1n) is 7.33. The molecule has 1 N–H and O–H groups in total. The van der Waals surface area contributed by atoms with Gasteiger partial charge in [0.15, 0.2) is 0 Å². The Morgan fingerprint density at radius 2 is 2.10 bits per heavy atom. The van der Waals surface area contributed by atoms with E-state index in [4.69, 9.17) is 0 Å². The normalized spacial score (nSPS) is 25.9. The fraction of sp³-hybridized carbons (Fsp3) is 0.600. The zero-order valence-electron chi connectivity index (χ0n) is 13.0. The van der Waals surface area contributed by atoms with Gasteiger partial charge in [0.1, 0.15) is 17.4 Å². The second kappa shape index (κ2) is 5.79. The average Bonchev–Trinajstić information content (AvgIpc) is 2.45. The third kappa shape index (κ3) is 2.89. The Labute approximate surface area is 125 Å². The van der Waals surface area contributed by atoms with Gasteiger partial charge in [-0.25, -0.2) is 9.97 Å². The van der Waals surface area contributed by atoms with Crippen LogP contribution in [0.5, 0.6) is 0 Å². The first-order chi connectivity index (χ1) is 9.91. The van der Waals surface area contributed by atoms with Crippen molar-refractivity contribution < 1.29 is 9.59 Å². The molecular formula is C15H22N4O2. The minimum Gasteiger partial charge on any atom is -0.340 e. The number of hydrogen-bond acceptors (Lipinski definition) is 4. The molecule has 0 aromatic carbocycles. The number of amides is 2. The standard InChI is InChI=1S/C15H22N4O2/c1-5-12-13(20)18-15(4,6-2)14(21)19(12)9-11-7-8-16-10(3)17-11/h7-8,12H,5-6,9H2,1-4H3,(H,18,20). The van der Waals surface area contributed by atoms with E-state index in [9.17, 15) is 9.59 Å². The van der Waals surface area contributed by atoms with Crippen LogP contribution in [0.2, 0.25) is 0 Å². The van der Waals surface area contributed by atoms with E-state index in [0.717, 1.165) is 5.69 Å². The summed E-state index contributed by atoms with van der Waals surface area (Å²) in [4.78, 5) is 35.1. The summed E-state index contributed by atoms with van der Waals surface area (Å²) in [5.74, 6) is 0.521. The van der Waals surface area contributed by atoms with Gasteiger partial charge in [0, 0.05) is 6.20 Å². The molecule has 114 valence electrons. The maximum absolute atomic E-state index is 12.8. The summed E-state index contributed by atoms with van der Waals surface area (Å²) in [6, 6.07) is 1.34. The molecule has 2 rings (SSSR count). The molecule has 0 aliphatic carbocycles. The van der Waals surface area contributed by atoms with Gasteiger partial charge in [-0.1, -0.05) is 13.8 Å². The molecule has 0 radical (unpaired) electrons. The molecule has 0 saturated carbocycles. The number of rotatable bonds is 4. The molecule has 21 heavy (non-hydrogen) atoms. The number of hydrogen-bond donors (Lipinski definition) is 1. The van der Waals surface area contributed by atoms with Gasteiger partial charge in [-0.3, -0.25) is 9.59 Å². The maximum atomic E-state index is 12.8. The van der Waals surface area contributed by atoms with Crippen LogP contribution in [0, 0.1) is 6.92 Å². The topological polar surface area (TPSA) is 75.2 Å². The second-order valence-corrected chi connectivity index (χ2v) is 5.63. The zero-order valence-corrected chi connectivity index (χ0v) is 13.0. The Morgan fingerprint density at radius 1 is 1.38 bits per heavy atom. The highest BCUT2D eigenvalue weighted by Crippen LogP contribution is 2.24. The van der Waals surface area contributed by atoms with Crippen molar-refractivity contribution in [2.45, 2.75) is 58.7 Å². The summed E-state index contributed by atoms with van der Waals surface area (Å²) in [5.41, 5.74) is -0.0763. The van der Waals surface area contributed by atoms with Gasteiger partial charge < -0.3 is 10.2 Å². The highest BCUT2D eigenvalue weighted by atomic mass is 16.2. The van der Waals surface area contributed by atoms with Crippen LogP contribution in [-0.2, 0) is 16.1 Å². The molecule has 0 spiro atoms. The maximum Gasteiger partial charge on any atom is 0.249 e. The van der Waals surface area contributed by atoms with Crippen molar-refractivity contribution in [1.82, 2.24) is 20.2 Å². The molecule has 2 unspecified atom stereocenters. The smallest absolute Gasteiger partial charge is 0.249 e. The lowest BCUT2D eigenvalue weighted by Crippen LogP contribution is -2.68. The Morgan fingerprint density at radius 3 is 2.67 bits per heavy atom. The first-order valence-corrected chi connectivity index (χ1v) is 7.33. The molecule has 2 atom stereocenters. The largest absolute Gasteiger partial charge is 0.340 e. The molecule has 1 aliphatic rings. The Bertz CT molecular complexity index is 560. The quantitative estimate of drug-likeness (QED) is 0.904. The summed E-state index contributed by atoms with van der Waals surface area (Å²) in [6.45, 7) is 7.73. The molecule has 1 aromatic heterocycles. The van der Waals surface area contributed by atoms with Crippen molar-refractivity contribution >= 4 is 11.8 Å². The van der Waals surface area contributed by atoms with Crippen LogP contribution in [0.3, 0.4) is 0 Å². The van der Waals surface area contributed by atoms with E-state index < -0.39 is 11.6 Å². The lowest BCUT2D eigenvalue weighted by molar-refractivity contribution is -0.155. The molecule has 6 nitrogen and oxygen atoms in total. The second-order valence-electron chi connectivity index (χ2n) is 5.63. The minimum absolute atomic E-state index is 0.0484. The fourth-order valence-electron chi connectivity index (χ4n) is 2.60. The Kier molecular flexibility index (Phi) is 4.25. The van der Waals surface area contributed by atoms with Crippen molar-refractivity contribution in [3.63, 3.8) is 0 Å². The molecule has 2 heterocycles. The number of piperazine rings is 1. The van der Waals surface area contributed by atoms with E-state index in [0.29, 0.717) is 25.2 Å². The first kappa shape index (κ1) is 15.4.